The van der Waals surface area contributed by atoms with Gasteiger partial charge in [-0.15, -0.1) is 0 Å². The third kappa shape index (κ3) is 2.73. The van der Waals surface area contributed by atoms with Crippen LogP contribution in [0.1, 0.15) is 92.9 Å². The van der Waals surface area contributed by atoms with Crippen LogP contribution in [0.25, 0.3) is 0 Å². The van der Waals surface area contributed by atoms with Crippen LogP contribution in [0.2, 0.25) is 0 Å². The van der Waals surface area contributed by atoms with E-state index >= 15 is 0 Å². The van der Waals surface area contributed by atoms with Gasteiger partial charge in [-0.25, -0.2) is 0 Å². The maximum Gasteiger partial charge on any atom is -0.00853 e. The average molecular weight is 317 g/mol. The number of rotatable bonds is 3. The highest BCUT2D eigenvalue weighted by atomic mass is 14.6. The molecule has 3 aliphatic rings. The minimum atomic E-state index is 0.551. The summed E-state index contributed by atoms with van der Waals surface area (Å²) in [6, 6.07) is 0. The van der Waals surface area contributed by atoms with E-state index in [0.717, 1.165) is 29.6 Å². The van der Waals surface area contributed by atoms with E-state index in [1.807, 2.05) is 0 Å². The summed E-state index contributed by atoms with van der Waals surface area (Å²) in [5.41, 5.74) is 2.95. The van der Waals surface area contributed by atoms with Gasteiger partial charge in [0.05, 0.1) is 0 Å². The fourth-order valence-electron chi connectivity index (χ4n) is 7.00. The van der Waals surface area contributed by atoms with Crippen LogP contribution in [0, 0.1) is 40.4 Å². The normalized spacial score (nSPS) is 48.6. The van der Waals surface area contributed by atoms with Crippen molar-refractivity contribution in [2.75, 3.05) is 0 Å². The molecule has 0 heterocycles. The number of hydrogen-bond donors (Lipinski definition) is 0. The molecule has 0 aromatic heterocycles. The van der Waals surface area contributed by atoms with Crippen molar-refractivity contribution in [3.63, 3.8) is 0 Å². The monoisotopic (exact) mass is 316 g/mol. The van der Waals surface area contributed by atoms with Gasteiger partial charge in [-0.2, -0.15) is 0 Å². The molecule has 6 atom stereocenters. The number of allylic oxidation sites excluding steroid dienone is 2. The van der Waals surface area contributed by atoms with Crippen LogP contribution >= 0.6 is 0 Å². The molecule has 3 fully saturated rings. The van der Waals surface area contributed by atoms with E-state index in [9.17, 15) is 0 Å². The molecule has 0 aromatic rings. The lowest BCUT2D eigenvalue weighted by atomic mass is 9.47. The first-order valence-electron chi connectivity index (χ1n) is 10.5. The Balaban J connectivity index is 1.85. The third-order valence-electron chi connectivity index (χ3n) is 8.80. The van der Waals surface area contributed by atoms with Crippen LogP contribution in [-0.2, 0) is 0 Å². The molecule has 0 amide bonds. The highest BCUT2D eigenvalue weighted by Gasteiger charge is 2.57. The van der Waals surface area contributed by atoms with Crippen LogP contribution in [0.3, 0.4) is 0 Å². The van der Waals surface area contributed by atoms with Crippen molar-refractivity contribution in [3.8, 4) is 0 Å². The molecule has 3 aliphatic carbocycles. The first-order valence-corrected chi connectivity index (χ1v) is 10.5. The van der Waals surface area contributed by atoms with Crippen LogP contribution in [0.5, 0.6) is 0 Å². The fraction of sp³-hybridized carbons (Fsp3) is 0.913. The Morgan fingerprint density at radius 1 is 1.09 bits per heavy atom. The van der Waals surface area contributed by atoms with Gasteiger partial charge in [-0.3, -0.25) is 0 Å². The summed E-state index contributed by atoms with van der Waals surface area (Å²) in [6.07, 6.45) is 14.2. The van der Waals surface area contributed by atoms with Crippen molar-refractivity contribution < 1.29 is 0 Å². The lowest BCUT2D eigenvalue weighted by molar-refractivity contribution is -0.0811. The van der Waals surface area contributed by atoms with Crippen LogP contribution in [0.15, 0.2) is 11.6 Å². The van der Waals surface area contributed by atoms with Crippen molar-refractivity contribution in [1.29, 1.82) is 0 Å². The molecule has 0 heteroatoms. The largest absolute Gasteiger partial charge is 0.0879 e. The van der Waals surface area contributed by atoms with Crippen molar-refractivity contribution >= 4 is 0 Å². The molecule has 0 radical (unpaired) electrons. The van der Waals surface area contributed by atoms with Crippen molar-refractivity contribution in [3.05, 3.63) is 11.6 Å². The van der Waals surface area contributed by atoms with E-state index in [-0.39, 0.29) is 0 Å². The molecular weight excluding hydrogens is 276 g/mol. The third-order valence-corrected chi connectivity index (χ3v) is 8.80. The smallest absolute Gasteiger partial charge is 0.00853 e. The second-order valence-corrected chi connectivity index (χ2v) is 10.1. The molecular formula is C23H40. The Hall–Kier alpha value is -0.260. The second-order valence-electron chi connectivity index (χ2n) is 10.1. The summed E-state index contributed by atoms with van der Waals surface area (Å²) in [5, 5.41) is 0. The van der Waals surface area contributed by atoms with Gasteiger partial charge in [0.2, 0.25) is 0 Å². The second kappa shape index (κ2) is 6.23. The minimum Gasteiger partial charge on any atom is -0.0879 e. The van der Waals surface area contributed by atoms with Gasteiger partial charge in [0.25, 0.3) is 0 Å². The Kier molecular flexibility index (Phi) is 4.76. The summed E-state index contributed by atoms with van der Waals surface area (Å²) < 4.78 is 0. The van der Waals surface area contributed by atoms with Crippen molar-refractivity contribution in [1.82, 2.24) is 0 Å². The Bertz CT molecular complexity index is 459. The molecule has 23 heavy (non-hydrogen) atoms. The molecule has 3 saturated carbocycles. The highest BCUT2D eigenvalue weighted by Crippen LogP contribution is 2.66. The van der Waals surface area contributed by atoms with Gasteiger partial charge in [0.1, 0.15) is 0 Å². The van der Waals surface area contributed by atoms with Gasteiger partial charge < -0.3 is 0 Å². The van der Waals surface area contributed by atoms with E-state index in [1.165, 1.54) is 51.4 Å². The first kappa shape index (κ1) is 17.6. The van der Waals surface area contributed by atoms with Crippen LogP contribution in [-0.4, -0.2) is 0 Å². The highest BCUT2D eigenvalue weighted by molar-refractivity contribution is 5.23. The Morgan fingerprint density at radius 3 is 2.48 bits per heavy atom. The van der Waals surface area contributed by atoms with E-state index in [1.54, 1.807) is 5.57 Å². The number of fused-ring (bicyclic) bond motifs is 3. The lowest BCUT2D eigenvalue weighted by Gasteiger charge is -2.58. The van der Waals surface area contributed by atoms with E-state index < -0.39 is 0 Å². The van der Waals surface area contributed by atoms with Crippen molar-refractivity contribution in [2.45, 2.75) is 92.9 Å². The predicted octanol–water partition coefficient (Wildman–Crippen LogP) is 7.25. The molecule has 0 aromatic carbocycles. The molecule has 0 nitrogen and oxygen atoms in total. The van der Waals surface area contributed by atoms with Crippen LogP contribution in [0.4, 0.5) is 0 Å². The Morgan fingerprint density at radius 2 is 1.83 bits per heavy atom. The van der Waals surface area contributed by atoms with Gasteiger partial charge in [0.15, 0.2) is 0 Å². The Labute approximate surface area is 145 Å². The topological polar surface area (TPSA) is 0 Å². The zero-order chi connectivity index (χ0) is 16.8. The van der Waals surface area contributed by atoms with E-state index in [0.29, 0.717) is 10.8 Å². The van der Waals surface area contributed by atoms with Gasteiger partial charge >= 0.3 is 0 Å². The summed E-state index contributed by atoms with van der Waals surface area (Å²) >= 11 is 0. The average Bonchev–Trinajstić information content (AvgIpc) is 2.85. The fourth-order valence-corrected chi connectivity index (χ4v) is 7.00. The molecule has 6 unspecified atom stereocenters. The molecule has 132 valence electrons. The lowest BCUT2D eigenvalue weighted by Crippen LogP contribution is -2.50. The zero-order valence-electron chi connectivity index (χ0n) is 16.6. The van der Waals surface area contributed by atoms with Gasteiger partial charge in [-0.1, -0.05) is 52.7 Å². The molecule has 0 N–H and O–H groups in total. The molecule has 0 saturated heterocycles. The van der Waals surface area contributed by atoms with Gasteiger partial charge in [0, 0.05) is 0 Å². The SMILES string of the molecule is C/C=C1/CCC2C3CCC(C)C(C)(CCC(C)C)C3CCC12C. The first-order chi connectivity index (χ1) is 10.8. The molecule has 0 bridgehead atoms. The molecule has 0 aliphatic heterocycles. The maximum absolute atomic E-state index is 2.67. The van der Waals surface area contributed by atoms with Crippen molar-refractivity contribution in [2.24, 2.45) is 40.4 Å². The predicted molar refractivity (Wildman–Crippen MR) is 101 cm³/mol. The quantitative estimate of drug-likeness (QED) is 0.481. The molecule has 3 rings (SSSR count). The van der Waals surface area contributed by atoms with Crippen LogP contribution < -0.4 is 0 Å². The molecule has 0 spiro atoms. The van der Waals surface area contributed by atoms with E-state index in [4.69, 9.17) is 0 Å². The summed E-state index contributed by atoms with van der Waals surface area (Å²) in [7, 11) is 0. The maximum atomic E-state index is 2.67. The van der Waals surface area contributed by atoms with E-state index in [2.05, 4.69) is 47.6 Å². The standard InChI is InChI=1S/C23H40/c1-7-18-9-11-20-19-10-8-17(4)22(5,14-12-16(2)3)21(19)13-15-23(18,20)6/h7,16-17,19-21H,8-15H2,1-6H3/b18-7-. The minimum absolute atomic E-state index is 0.551. The number of hydrogen-bond acceptors (Lipinski definition) is 0. The summed E-state index contributed by atoms with van der Waals surface area (Å²) in [4.78, 5) is 0. The van der Waals surface area contributed by atoms with Gasteiger partial charge in [-0.05, 0) is 92.3 Å². The summed E-state index contributed by atoms with van der Waals surface area (Å²) in [6.45, 7) is 14.9. The zero-order valence-corrected chi connectivity index (χ0v) is 16.6. The summed E-state index contributed by atoms with van der Waals surface area (Å²) in [5.74, 6) is 4.78.